The van der Waals surface area contributed by atoms with E-state index in [0.29, 0.717) is 28.5 Å². The van der Waals surface area contributed by atoms with Gasteiger partial charge >= 0.3 is 0 Å². The van der Waals surface area contributed by atoms with E-state index in [9.17, 15) is 4.79 Å². The molecule has 1 aromatic carbocycles. The lowest BCUT2D eigenvalue weighted by Gasteiger charge is -2.16. The van der Waals surface area contributed by atoms with Gasteiger partial charge in [0.15, 0.2) is 0 Å². The second kappa shape index (κ2) is 9.62. The van der Waals surface area contributed by atoms with Crippen LogP contribution in [0.3, 0.4) is 0 Å². The second-order valence-electron chi connectivity index (χ2n) is 7.36. The highest BCUT2D eigenvalue weighted by molar-refractivity contribution is 6.04. The highest BCUT2D eigenvalue weighted by Crippen LogP contribution is 2.22. The van der Waals surface area contributed by atoms with E-state index in [-0.39, 0.29) is 17.8 Å². The summed E-state index contributed by atoms with van der Waals surface area (Å²) in [6.07, 6.45) is 7.95. The lowest BCUT2D eigenvalue weighted by Crippen LogP contribution is -2.13. The van der Waals surface area contributed by atoms with Crippen LogP contribution in [0.1, 0.15) is 40.3 Å². The fourth-order valence-electron chi connectivity index (χ4n) is 3.19. The molecule has 9 heteroatoms. The molecule has 0 aliphatic rings. The monoisotopic (exact) mass is 436 g/mol. The number of nitrogens with zero attached hydrogens (tertiary/aromatic N) is 6. The van der Waals surface area contributed by atoms with Gasteiger partial charge in [-0.1, -0.05) is 12.1 Å². The number of aryl methyl sites for hydroxylation is 1. The van der Waals surface area contributed by atoms with Crippen LogP contribution in [0.5, 0.6) is 0 Å². The molecule has 0 aliphatic carbocycles. The van der Waals surface area contributed by atoms with E-state index in [4.69, 9.17) is 5.26 Å². The molecular weight excluding hydrogens is 416 g/mol. The Morgan fingerprint density at radius 2 is 1.88 bits per heavy atom. The molecule has 9 nitrogen and oxygen atoms in total. The van der Waals surface area contributed by atoms with Crippen molar-refractivity contribution in [1.82, 2.24) is 24.9 Å². The Kier molecular flexibility index (Phi) is 6.27. The van der Waals surface area contributed by atoms with Gasteiger partial charge in [0.2, 0.25) is 5.82 Å². The zero-order chi connectivity index (χ0) is 23.2. The van der Waals surface area contributed by atoms with Crippen molar-refractivity contribution in [3.05, 3.63) is 89.9 Å². The molecule has 162 valence electrons. The highest BCUT2D eigenvalue weighted by Gasteiger charge is 2.12. The zero-order valence-electron chi connectivity index (χ0n) is 18.0. The summed E-state index contributed by atoms with van der Waals surface area (Å²) in [7, 11) is 0. The van der Waals surface area contributed by atoms with Crippen molar-refractivity contribution in [2.24, 2.45) is 0 Å². The van der Waals surface area contributed by atoms with Crippen molar-refractivity contribution in [3.63, 3.8) is 0 Å². The number of hydrogen-bond donors (Lipinski definition) is 2. The maximum atomic E-state index is 12.5. The van der Waals surface area contributed by atoms with Crippen molar-refractivity contribution in [1.29, 1.82) is 5.26 Å². The van der Waals surface area contributed by atoms with Gasteiger partial charge in [-0.3, -0.25) is 14.8 Å². The number of anilines is 2. The van der Waals surface area contributed by atoms with Gasteiger partial charge in [0.05, 0.1) is 29.7 Å². The van der Waals surface area contributed by atoms with Gasteiger partial charge in [0.1, 0.15) is 17.6 Å². The summed E-state index contributed by atoms with van der Waals surface area (Å²) in [6.45, 7) is 3.88. The van der Waals surface area contributed by atoms with E-state index in [1.165, 1.54) is 6.20 Å². The summed E-state index contributed by atoms with van der Waals surface area (Å²) >= 11 is 0. The molecule has 33 heavy (non-hydrogen) atoms. The third kappa shape index (κ3) is 5.32. The first-order valence-electron chi connectivity index (χ1n) is 10.2. The molecule has 2 N–H and O–H groups in total. The fourth-order valence-corrected chi connectivity index (χ4v) is 3.19. The van der Waals surface area contributed by atoms with Crippen molar-refractivity contribution in [2.45, 2.75) is 19.9 Å². The summed E-state index contributed by atoms with van der Waals surface area (Å²) < 4.78 is 0. The molecule has 3 heterocycles. The Hall–Kier alpha value is -4.71. The number of benzene rings is 1. The quantitative estimate of drug-likeness (QED) is 0.465. The molecule has 3 aromatic heterocycles. The molecular formula is C24H20N8O. The van der Waals surface area contributed by atoms with E-state index in [0.717, 1.165) is 11.1 Å². The van der Waals surface area contributed by atoms with Gasteiger partial charge in [-0.2, -0.15) is 5.26 Å². The van der Waals surface area contributed by atoms with Crippen LogP contribution in [0.2, 0.25) is 0 Å². The maximum absolute atomic E-state index is 12.5. The average Bonchev–Trinajstić information content (AvgIpc) is 2.84. The van der Waals surface area contributed by atoms with Gasteiger partial charge in [-0.15, -0.1) is 0 Å². The molecule has 0 bridgehead atoms. The summed E-state index contributed by atoms with van der Waals surface area (Å²) in [4.78, 5) is 33.4. The first kappa shape index (κ1) is 21.5. The maximum Gasteiger partial charge on any atom is 0.257 e. The molecule has 0 fully saturated rings. The molecule has 0 unspecified atom stereocenters. The minimum Gasteiger partial charge on any atom is -0.362 e. The predicted molar refractivity (Wildman–Crippen MR) is 123 cm³/mol. The van der Waals surface area contributed by atoms with Crippen molar-refractivity contribution in [2.75, 3.05) is 10.6 Å². The number of rotatable bonds is 6. The van der Waals surface area contributed by atoms with E-state index in [2.05, 4.69) is 35.6 Å². The highest BCUT2D eigenvalue weighted by atomic mass is 16.1. The van der Waals surface area contributed by atoms with Gasteiger partial charge < -0.3 is 10.6 Å². The summed E-state index contributed by atoms with van der Waals surface area (Å²) in [6, 6.07) is 12.8. The van der Waals surface area contributed by atoms with Crippen LogP contribution in [-0.4, -0.2) is 30.8 Å². The number of aromatic nitrogens is 5. The number of amides is 1. The van der Waals surface area contributed by atoms with Crippen LogP contribution >= 0.6 is 0 Å². The third-order valence-corrected chi connectivity index (χ3v) is 4.80. The smallest absolute Gasteiger partial charge is 0.257 e. The molecule has 1 amide bonds. The van der Waals surface area contributed by atoms with Crippen LogP contribution in [0, 0.1) is 18.3 Å². The topological polar surface area (TPSA) is 129 Å². The van der Waals surface area contributed by atoms with Crippen LogP contribution < -0.4 is 10.6 Å². The van der Waals surface area contributed by atoms with Crippen LogP contribution in [-0.2, 0) is 0 Å². The molecule has 4 aromatic rings. The number of pyridine rings is 1. The molecule has 0 spiro atoms. The molecule has 0 saturated carbocycles. The first-order valence-corrected chi connectivity index (χ1v) is 10.2. The van der Waals surface area contributed by atoms with Gasteiger partial charge in [0.25, 0.3) is 5.91 Å². The van der Waals surface area contributed by atoms with E-state index in [1.54, 1.807) is 36.9 Å². The van der Waals surface area contributed by atoms with Crippen LogP contribution in [0.4, 0.5) is 11.5 Å². The summed E-state index contributed by atoms with van der Waals surface area (Å²) in [5.41, 5.74) is 4.10. The Balaban J connectivity index is 1.48. The first-order chi connectivity index (χ1) is 16.0. The zero-order valence-corrected chi connectivity index (χ0v) is 18.0. The fraction of sp³-hybridized carbons (Fsp3) is 0.125. The van der Waals surface area contributed by atoms with Gasteiger partial charge in [-0.05, 0) is 49.2 Å². The van der Waals surface area contributed by atoms with E-state index < -0.39 is 0 Å². The average molecular weight is 436 g/mol. The number of nitriles is 1. The SMILES string of the molecule is Cc1cncc(C(=O)Nc2cccc([C@H](C)Nc3cncc(-c4ccnc(C#N)n4)n3)c2)c1. The van der Waals surface area contributed by atoms with Crippen molar-refractivity contribution in [3.8, 4) is 17.5 Å². The largest absolute Gasteiger partial charge is 0.362 e. The van der Waals surface area contributed by atoms with Gasteiger partial charge in [-0.25, -0.2) is 15.0 Å². The molecule has 0 aliphatic heterocycles. The second-order valence-corrected chi connectivity index (χ2v) is 7.36. The minimum absolute atomic E-state index is 0.0707. The number of hydrogen-bond acceptors (Lipinski definition) is 8. The number of carbonyl (C=O) groups is 1. The Morgan fingerprint density at radius 1 is 1.03 bits per heavy atom. The standard InChI is InChI=1S/C24H20N8O/c1-15-8-18(12-26-11-15)24(33)30-19-5-3-4-17(9-19)16(2)29-23-14-27-13-21(32-23)20-6-7-28-22(10-25)31-20/h3-9,11-14,16H,1-2H3,(H,29,32)(H,30,33)/t16-/m0/s1. The third-order valence-electron chi connectivity index (χ3n) is 4.80. The van der Waals surface area contributed by atoms with Crippen molar-refractivity contribution < 1.29 is 4.79 Å². The molecule has 0 saturated heterocycles. The Bertz CT molecular complexity index is 1350. The lowest BCUT2D eigenvalue weighted by atomic mass is 10.1. The van der Waals surface area contributed by atoms with Crippen molar-refractivity contribution >= 4 is 17.4 Å². The summed E-state index contributed by atoms with van der Waals surface area (Å²) in [5, 5.41) is 15.2. The minimum atomic E-state index is -0.218. The van der Waals surface area contributed by atoms with Crippen LogP contribution in [0.15, 0.2) is 67.4 Å². The number of nitrogens with one attached hydrogen (secondary N) is 2. The van der Waals surface area contributed by atoms with Crippen LogP contribution in [0.25, 0.3) is 11.4 Å². The van der Waals surface area contributed by atoms with E-state index in [1.807, 2.05) is 44.2 Å². The molecule has 0 radical (unpaired) electrons. The summed E-state index contributed by atoms with van der Waals surface area (Å²) in [5.74, 6) is 0.405. The lowest BCUT2D eigenvalue weighted by molar-refractivity contribution is 0.102. The Labute approximate surface area is 190 Å². The predicted octanol–water partition coefficient (Wildman–Crippen LogP) is 3.93. The Morgan fingerprint density at radius 3 is 2.70 bits per heavy atom. The number of carbonyl (C=O) groups excluding carboxylic acids is 1. The molecule has 4 rings (SSSR count). The normalized spacial score (nSPS) is 11.3. The molecule has 1 atom stereocenters. The van der Waals surface area contributed by atoms with Gasteiger partial charge in [0, 0.05) is 24.3 Å². The van der Waals surface area contributed by atoms with E-state index >= 15 is 0 Å².